The summed E-state index contributed by atoms with van der Waals surface area (Å²) in [4.78, 5) is 26.1. The summed E-state index contributed by atoms with van der Waals surface area (Å²) in [5.41, 5.74) is 0.331. The minimum atomic E-state index is -0.572. The van der Waals surface area contributed by atoms with Crippen molar-refractivity contribution in [1.82, 2.24) is 9.80 Å². The maximum absolute atomic E-state index is 12.4. The van der Waals surface area contributed by atoms with E-state index in [0.29, 0.717) is 18.7 Å². The van der Waals surface area contributed by atoms with Crippen LogP contribution in [-0.4, -0.2) is 64.6 Å². The Hall–Kier alpha value is -1.99. The van der Waals surface area contributed by atoms with Gasteiger partial charge in [-0.15, -0.1) is 0 Å². The molecule has 1 N–H and O–H groups in total. The predicted octanol–water partition coefficient (Wildman–Crippen LogP) is 0.732. The number of aliphatic hydroxyl groups excluding tert-OH is 1. The Morgan fingerprint density at radius 1 is 1.43 bits per heavy atom. The van der Waals surface area contributed by atoms with Gasteiger partial charge in [0.2, 0.25) is 0 Å². The lowest BCUT2D eigenvalue weighted by Crippen LogP contribution is -2.44. The first kappa shape index (κ1) is 15.4. The molecule has 7 nitrogen and oxygen atoms in total. The van der Waals surface area contributed by atoms with Gasteiger partial charge in [-0.3, -0.25) is 19.8 Å². The highest BCUT2D eigenvalue weighted by Gasteiger charge is 2.35. The van der Waals surface area contributed by atoms with E-state index in [1.807, 2.05) is 6.92 Å². The zero-order valence-corrected chi connectivity index (χ0v) is 12.1. The standard InChI is InChI=1S/C14H19N3O4/c1-3-16-8-12(13(18)9-16)15(2)14(19)10-4-6-11(7-5-10)17(20)21/h4-7,12-13,18H,3,8-9H2,1-2H3/t12-,13-/m1/s1. The largest absolute Gasteiger partial charge is 0.390 e. The molecule has 0 bridgehead atoms. The van der Waals surface area contributed by atoms with Crippen LogP contribution in [0.15, 0.2) is 24.3 Å². The molecule has 0 aliphatic carbocycles. The fourth-order valence-electron chi connectivity index (χ4n) is 2.57. The predicted molar refractivity (Wildman–Crippen MR) is 77.1 cm³/mol. The highest BCUT2D eigenvalue weighted by molar-refractivity contribution is 5.94. The molecule has 21 heavy (non-hydrogen) atoms. The van der Waals surface area contributed by atoms with Crippen molar-refractivity contribution < 1.29 is 14.8 Å². The number of likely N-dealkylation sites (N-methyl/N-ethyl adjacent to an activating group) is 2. The molecule has 1 heterocycles. The van der Waals surface area contributed by atoms with Crippen molar-refractivity contribution in [3.8, 4) is 0 Å². The molecule has 0 aromatic heterocycles. The quantitative estimate of drug-likeness (QED) is 0.653. The third kappa shape index (κ3) is 3.20. The fraction of sp³-hybridized carbons (Fsp3) is 0.500. The van der Waals surface area contributed by atoms with Crippen LogP contribution in [0.4, 0.5) is 5.69 Å². The lowest BCUT2D eigenvalue weighted by molar-refractivity contribution is -0.384. The van der Waals surface area contributed by atoms with Gasteiger partial charge in [-0.2, -0.15) is 0 Å². The summed E-state index contributed by atoms with van der Waals surface area (Å²) in [6.45, 7) is 4.02. The van der Waals surface area contributed by atoms with Gasteiger partial charge in [-0.25, -0.2) is 0 Å². The summed E-state index contributed by atoms with van der Waals surface area (Å²) in [5.74, 6) is -0.244. The van der Waals surface area contributed by atoms with Gasteiger partial charge in [0, 0.05) is 37.8 Å². The molecule has 0 spiro atoms. The Morgan fingerprint density at radius 2 is 2.05 bits per heavy atom. The molecule has 1 aliphatic rings. The number of likely N-dealkylation sites (tertiary alicyclic amines) is 1. The van der Waals surface area contributed by atoms with Crippen LogP contribution in [0.3, 0.4) is 0 Å². The number of non-ortho nitro benzene ring substituents is 1. The van der Waals surface area contributed by atoms with Crippen LogP contribution >= 0.6 is 0 Å². The topological polar surface area (TPSA) is 86.9 Å². The molecule has 1 aliphatic heterocycles. The number of aliphatic hydroxyl groups is 1. The highest BCUT2D eigenvalue weighted by Crippen LogP contribution is 2.18. The number of amides is 1. The van der Waals surface area contributed by atoms with Crippen LogP contribution in [-0.2, 0) is 0 Å². The molecular formula is C14H19N3O4. The molecule has 1 amide bonds. The molecule has 1 saturated heterocycles. The van der Waals surface area contributed by atoms with Crippen molar-refractivity contribution >= 4 is 11.6 Å². The van der Waals surface area contributed by atoms with Crippen molar-refractivity contribution in [1.29, 1.82) is 0 Å². The average molecular weight is 293 g/mol. The third-order valence-electron chi connectivity index (χ3n) is 3.92. The molecule has 1 fully saturated rings. The second-order valence-electron chi connectivity index (χ2n) is 5.21. The maximum Gasteiger partial charge on any atom is 0.269 e. The van der Waals surface area contributed by atoms with E-state index in [9.17, 15) is 20.0 Å². The van der Waals surface area contributed by atoms with Crippen molar-refractivity contribution in [2.45, 2.75) is 19.1 Å². The summed E-state index contributed by atoms with van der Waals surface area (Å²) in [6.07, 6.45) is -0.572. The Morgan fingerprint density at radius 3 is 2.52 bits per heavy atom. The fourth-order valence-corrected chi connectivity index (χ4v) is 2.57. The van der Waals surface area contributed by atoms with Gasteiger partial charge in [-0.05, 0) is 18.7 Å². The normalized spacial score (nSPS) is 22.2. The highest BCUT2D eigenvalue weighted by atomic mass is 16.6. The monoisotopic (exact) mass is 293 g/mol. The van der Waals surface area contributed by atoms with Gasteiger partial charge in [-0.1, -0.05) is 6.92 Å². The molecule has 1 aromatic carbocycles. The Bertz CT molecular complexity index is 532. The molecular weight excluding hydrogens is 274 g/mol. The number of carbonyl (C=O) groups is 1. The van der Waals surface area contributed by atoms with Gasteiger partial charge in [0.1, 0.15) is 0 Å². The first-order valence-corrected chi connectivity index (χ1v) is 6.86. The molecule has 7 heteroatoms. The smallest absolute Gasteiger partial charge is 0.269 e. The molecule has 0 saturated carbocycles. The third-order valence-corrected chi connectivity index (χ3v) is 3.92. The van der Waals surface area contributed by atoms with Crippen LogP contribution < -0.4 is 0 Å². The molecule has 2 atom stereocenters. The SMILES string of the molecule is CCN1C[C@@H](O)[C@H](N(C)C(=O)c2ccc([N+](=O)[O-])cc2)C1. The molecule has 114 valence electrons. The van der Waals surface area contributed by atoms with Crippen molar-refractivity contribution in [2.75, 3.05) is 26.7 Å². The van der Waals surface area contributed by atoms with Crippen LogP contribution in [0.1, 0.15) is 17.3 Å². The van der Waals surface area contributed by atoms with Gasteiger partial charge >= 0.3 is 0 Å². The van der Waals surface area contributed by atoms with E-state index in [-0.39, 0.29) is 17.6 Å². The second-order valence-corrected chi connectivity index (χ2v) is 5.21. The Balaban J connectivity index is 2.10. The van der Waals surface area contributed by atoms with E-state index < -0.39 is 11.0 Å². The summed E-state index contributed by atoms with van der Waals surface area (Å²) in [6, 6.07) is 5.24. The van der Waals surface area contributed by atoms with Crippen molar-refractivity contribution in [2.24, 2.45) is 0 Å². The zero-order valence-electron chi connectivity index (χ0n) is 12.1. The second kappa shape index (κ2) is 6.19. The Labute approximate surface area is 122 Å². The number of benzene rings is 1. The van der Waals surface area contributed by atoms with Crippen LogP contribution in [0, 0.1) is 10.1 Å². The van der Waals surface area contributed by atoms with Crippen molar-refractivity contribution in [3.05, 3.63) is 39.9 Å². The van der Waals surface area contributed by atoms with Gasteiger partial charge in [0.15, 0.2) is 0 Å². The number of nitrogens with zero attached hydrogens (tertiary/aromatic N) is 3. The molecule has 0 radical (unpaired) electrons. The number of rotatable bonds is 4. The first-order valence-electron chi connectivity index (χ1n) is 6.86. The maximum atomic E-state index is 12.4. The van der Waals surface area contributed by atoms with E-state index in [4.69, 9.17) is 0 Å². The van der Waals surface area contributed by atoms with Crippen LogP contribution in [0.25, 0.3) is 0 Å². The number of nitro groups is 1. The minimum Gasteiger partial charge on any atom is -0.390 e. The minimum absolute atomic E-state index is 0.0488. The van der Waals surface area contributed by atoms with E-state index in [2.05, 4.69) is 4.90 Å². The number of nitro benzene ring substituents is 1. The van der Waals surface area contributed by atoms with Gasteiger partial charge in [0.05, 0.1) is 17.1 Å². The van der Waals surface area contributed by atoms with Gasteiger partial charge in [0.25, 0.3) is 11.6 Å². The van der Waals surface area contributed by atoms with E-state index in [1.165, 1.54) is 29.2 Å². The van der Waals surface area contributed by atoms with Crippen LogP contribution in [0.2, 0.25) is 0 Å². The first-order chi connectivity index (χ1) is 9.93. The average Bonchev–Trinajstić information content (AvgIpc) is 2.87. The number of β-amino-alcohol motifs (C(OH)–C–C–N with tert-alkyl or cyclic N) is 1. The van der Waals surface area contributed by atoms with Crippen LogP contribution in [0.5, 0.6) is 0 Å². The van der Waals surface area contributed by atoms with Gasteiger partial charge < -0.3 is 10.0 Å². The molecule has 0 unspecified atom stereocenters. The number of hydrogen-bond donors (Lipinski definition) is 1. The van der Waals surface area contributed by atoms with Crippen molar-refractivity contribution in [3.63, 3.8) is 0 Å². The van der Waals surface area contributed by atoms with E-state index in [0.717, 1.165) is 6.54 Å². The number of hydrogen-bond acceptors (Lipinski definition) is 5. The molecule has 1 aromatic rings. The lowest BCUT2D eigenvalue weighted by atomic mass is 10.1. The summed E-state index contributed by atoms with van der Waals surface area (Å²) in [7, 11) is 1.65. The summed E-state index contributed by atoms with van der Waals surface area (Å²) in [5, 5.41) is 20.7. The molecule has 2 rings (SSSR count). The van der Waals surface area contributed by atoms with E-state index in [1.54, 1.807) is 7.05 Å². The summed E-state index contributed by atoms with van der Waals surface area (Å²) < 4.78 is 0. The summed E-state index contributed by atoms with van der Waals surface area (Å²) >= 11 is 0. The van der Waals surface area contributed by atoms with E-state index >= 15 is 0 Å². The lowest BCUT2D eigenvalue weighted by Gasteiger charge is -2.26. The number of carbonyl (C=O) groups excluding carboxylic acids is 1. The Kier molecular flexibility index (Phi) is 4.54. The zero-order chi connectivity index (χ0) is 15.6.